The molecule has 0 bridgehead atoms. The van der Waals surface area contributed by atoms with E-state index in [9.17, 15) is 4.79 Å². The molecule has 4 heteroatoms. The van der Waals surface area contributed by atoms with Gasteiger partial charge in [0, 0.05) is 0 Å². The van der Waals surface area contributed by atoms with Crippen molar-refractivity contribution in [3.8, 4) is 0 Å². The Balaban J connectivity index is 3.28. The van der Waals surface area contributed by atoms with Crippen molar-refractivity contribution in [2.75, 3.05) is 0 Å². The number of hydrogen-bond acceptors (Lipinski definition) is 4. The SMILES string of the molecule is O=c1ncocn1. The lowest BCUT2D eigenvalue weighted by Crippen LogP contribution is -2.05. The molecule has 0 spiro atoms. The summed E-state index contributed by atoms with van der Waals surface area (Å²) in [6.07, 6.45) is 2.07. The molecule has 0 radical (unpaired) electrons. The van der Waals surface area contributed by atoms with Crippen LogP contribution in [0.4, 0.5) is 0 Å². The van der Waals surface area contributed by atoms with E-state index in [1.165, 1.54) is 0 Å². The summed E-state index contributed by atoms with van der Waals surface area (Å²) in [6, 6.07) is 0. The van der Waals surface area contributed by atoms with Crippen LogP contribution in [0.15, 0.2) is 22.0 Å². The fourth-order valence-electron chi connectivity index (χ4n) is 0.212. The summed E-state index contributed by atoms with van der Waals surface area (Å²) in [5.41, 5.74) is -0.522. The topological polar surface area (TPSA) is 56.0 Å². The Morgan fingerprint density at radius 3 is 2.29 bits per heavy atom. The van der Waals surface area contributed by atoms with E-state index in [-0.39, 0.29) is 0 Å². The Morgan fingerprint density at radius 2 is 2.00 bits per heavy atom. The van der Waals surface area contributed by atoms with Crippen LogP contribution in [-0.4, -0.2) is 9.97 Å². The zero-order valence-electron chi connectivity index (χ0n) is 3.37. The van der Waals surface area contributed by atoms with Gasteiger partial charge in [0.2, 0.25) is 0 Å². The Bertz CT molecular complexity index is 177. The summed E-state index contributed by atoms with van der Waals surface area (Å²) in [5.74, 6) is 0. The van der Waals surface area contributed by atoms with Crippen molar-refractivity contribution < 1.29 is 4.42 Å². The van der Waals surface area contributed by atoms with Crippen molar-refractivity contribution in [1.82, 2.24) is 9.97 Å². The molecule has 4 nitrogen and oxygen atoms in total. The van der Waals surface area contributed by atoms with Crippen LogP contribution in [0, 0.1) is 0 Å². The minimum atomic E-state index is -0.522. The predicted molar refractivity (Wildman–Crippen MR) is 20.6 cm³/mol. The first kappa shape index (κ1) is 3.98. The van der Waals surface area contributed by atoms with Gasteiger partial charge < -0.3 is 4.42 Å². The molecule has 36 valence electrons. The molecule has 1 rings (SSSR count). The second-order valence-electron chi connectivity index (χ2n) is 0.888. The molecule has 0 atom stereocenters. The molecule has 0 saturated carbocycles. The van der Waals surface area contributed by atoms with Crippen molar-refractivity contribution >= 4 is 0 Å². The second kappa shape index (κ2) is 1.51. The minimum absolute atomic E-state index is 0.522. The molecule has 0 unspecified atom stereocenters. The van der Waals surface area contributed by atoms with Gasteiger partial charge in [-0.3, -0.25) is 0 Å². The molecule has 1 aromatic heterocycles. The molecular formula is C3H2N2O2. The summed E-state index contributed by atoms with van der Waals surface area (Å²) < 4.78 is 4.34. The van der Waals surface area contributed by atoms with Crippen LogP contribution < -0.4 is 5.69 Å². The van der Waals surface area contributed by atoms with Crippen LogP contribution in [0.2, 0.25) is 0 Å². The number of hydrogen-bond donors (Lipinski definition) is 0. The molecule has 1 heterocycles. The minimum Gasteiger partial charge on any atom is -0.434 e. The first-order valence-electron chi connectivity index (χ1n) is 1.64. The average Bonchev–Trinajstić information content (AvgIpc) is 1.69. The zero-order valence-corrected chi connectivity index (χ0v) is 3.37. The van der Waals surface area contributed by atoms with Crippen molar-refractivity contribution in [2.24, 2.45) is 0 Å². The molecule has 0 aliphatic carbocycles. The van der Waals surface area contributed by atoms with Crippen molar-refractivity contribution in [3.05, 3.63) is 23.3 Å². The second-order valence-corrected chi connectivity index (χ2v) is 0.888. The zero-order chi connectivity index (χ0) is 5.11. The van der Waals surface area contributed by atoms with Crippen molar-refractivity contribution in [2.45, 2.75) is 0 Å². The highest BCUT2D eigenvalue weighted by Gasteiger charge is 1.74. The molecule has 1 aromatic rings. The molecule has 7 heavy (non-hydrogen) atoms. The normalized spacial score (nSPS) is 8.57. The summed E-state index contributed by atoms with van der Waals surface area (Å²) in [4.78, 5) is 16.3. The fourth-order valence-corrected chi connectivity index (χ4v) is 0.212. The molecule has 0 aliphatic heterocycles. The quantitative estimate of drug-likeness (QED) is 0.436. The molecule has 0 amide bonds. The third-order valence-corrected chi connectivity index (χ3v) is 0.448. The van der Waals surface area contributed by atoms with Gasteiger partial charge in [0.25, 0.3) is 0 Å². The third kappa shape index (κ3) is 0.819. The van der Waals surface area contributed by atoms with Crippen LogP contribution in [0.25, 0.3) is 0 Å². The Kier molecular flexibility index (Phi) is 0.856. The molecule has 0 fully saturated rings. The molecule has 0 N–H and O–H groups in total. The van der Waals surface area contributed by atoms with Crippen molar-refractivity contribution in [3.63, 3.8) is 0 Å². The van der Waals surface area contributed by atoms with Crippen molar-refractivity contribution in [1.29, 1.82) is 0 Å². The number of rotatable bonds is 0. The maximum absolute atomic E-state index is 9.99. The Morgan fingerprint density at radius 1 is 1.43 bits per heavy atom. The maximum Gasteiger partial charge on any atom is 0.372 e. The standard InChI is InChI=1S/C3H2N2O2/c6-3-4-1-7-2-5-3/h1-2H. The van der Waals surface area contributed by atoms with Gasteiger partial charge in [0.05, 0.1) is 0 Å². The van der Waals surface area contributed by atoms with E-state index in [0.717, 1.165) is 12.8 Å². The summed E-state index contributed by atoms with van der Waals surface area (Å²) >= 11 is 0. The van der Waals surface area contributed by atoms with Gasteiger partial charge in [0.1, 0.15) is 0 Å². The summed E-state index contributed by atoms with van der Waals surface area (Å²) in [5, 5.41) is 0. The van der Waals surface area contributed by atoms with E-state index in [1.807, 2.05) is 0 Å². The predicted octanol–water partition coefficient (Wildman–Crippen LogP) is -0.570. The van der Waals surface area contributed by atoms with Crippen LogP contribution in [0.1, 0.15) is 0 Å². The molecule has 0 aromatic carbocycles. The lowest BCUT2D eigenvalue weighted by molar-refractivity contribution is 0.496. The van der Waals surface area contributed by atoms with Gasteiger partial charge >= 0.3 is 5.69 Å². The first-order chi connectivity index (χ1) is 3.39. The van der Waals surface area contributed by atoms with Crippen LogP contribution >= 0.6 is 0 Å². The van der Waals surface area contributed by atoms with E-state index < -0.39 is 5.69 Å². The van der Waals surface area contributed by atoms with Gasteiger partial charge in [-0.2, -0.15) is 9.97 Å². The average molecular weight is 98.1 g/mol. The summed E-state index contributed by atoms with van der Waals surface area (Å²) in [6.45, 7) is 0. The van der Waals surface area contributed by atoms with Gasteiger partial charge in [-0.15, -0.1) is 0 Å². The Labute approximate surface area is 38.8 Å². The Hall–Kier alpha value is -1.19. The maximum atomic E-state index is 9.99. The lowest BCUT2D eigenvalue weighted by Gasteiger charge is -1.71. The largest absolute Gasteiger partial charge is 0.434 e. The van der Waals surface area contributed by atoms with E-state index in [2.05, 4.69) is 14.4 Å². The molecule has 0 aliphatic rings. The van der Waals surface area contributed by atoms with E-state index in [0.29, 0.717) is 0 Å². The fraction of sp³-hybridized carbons (Fsp3) is 0. The van der Waals surface area contributed by atoms with E-state index in [1.54, 1.807) is 0 Å². The number of nitrogens with zero attached hydrogens (tertiary/aromatic N) is 2. The van der Waals surface area contributed by atoms with Gasteiger partial charge in [-0.1, -0.05) is 0 Å². The van der Waals surface area contributed by atoms with Crippen LogP contribution in [0.3, 0.4) is 0 Å². The van der Waals surface area contributed by atoms with Crippen LogP contribution in [-0.2, 0) is 0 Å². The van der Waals surface area contributed by atoms with Gasteiger partial charge in [-0.05, 0) is 0 Å². The van der Waals surface area contributed by atoms with Gasteiger partial charge in [-0.25, -0.2) is 4.79 Å². The molecular weight excluding hydrogens is 96.0 g/mol. The monoisotopic (exact) mass is 98.0 g/mol. The highest BCUT2D eigenvalue weighted by molar-refractivity contribution is 4.48. The van der Waals surface area contributed by atoms with Gasteiger partial charge in [0.15, 0.2) is 12.8 Å². The van der Waals surface area contributed by atoms with E-state index >= 15 is 0 Å². The third-order valence-electron chi connectivity index (χ3n) is 0.448. The number of aromatic nitrogens is 2. The highest BCUT2D eigenvalue weighted by Crippen LogP contribution is 1.60. The summed E-state index contributed by atoms with van der Waals surface area (Å²) in [7, 11) is 0. The smallest absolute Gasteiger partial charge is 0.372 e. The highest BCUT2D eigenvalue weighted by atomic mass is 16.3. The molecule has 0 saturated heterocycles. The lowest BCUT2D eigenvalue weighted by atomic mass is 11.1. The van der Waals surface area contributed by atoms with Crippen LogP contribution in [0.5, 0.6) is 0 Å². The first-order valence-corrected chi connectivity index (χ1v) is 1.64. The van der Waals surface area contributed by atoms with E-state index in [4.69, 9.17) is 0 Å².